The van der Waals surface area contributed by atoms with Crippen molar-refractivity contribution in [1.29, 1.82) is 0 Å². The third-order valence-electron chi connectivity index (χ3n) is 6.66. The van der Waals surface area contributed by atoms with Crippen molar-refractivity contribution >= 4 is 23.5 Å². The van der Waals surface area contributed by atoms with E-state index in [-0.39, 0.29) is 17.9 Å². The van der Waals surface area contributed by atoms with Crippen molar-refractivity contribution < 1.29 is 18.3 Å². The summed E-state index contributed by atoms with van der Waals surface area (Å²) in [6.07, 6.45) is 6.71. The lowest BCUT2D eigenvalue weighted by Crippen LogP contribution is -2.47. The number of hydrogen-bond acceptors (Lipinski definition) is 7. The van der Waals surface area contributed by atoms with Crippen molar-refractivity contribution in [3.8, 4) is 28.4 Å². The first-order valence-corrected chi connectivity index (χ1v) is 12.6. The highest BCUT2D eigenvalue weighted by Gasteiger charge is 2.25. The van der Waals surface area contributed by atoms with Crippen LogP contribution in [0.2, 0.25) is 0 Å². The number of anilines is 2. The molecule has 2 N–H and O–H groups in total. The van der Waals surface area contributed by atoms with E-state index in [4.69, 9.17) is 14.1 Å². The number of imidazole rings is 1. The molecule has 0 radical (unpaired) electrons. The molecule has 1 atom stereocenters. The number of ether oxygens (including phenoxy) is 1. The molecule has 0 aliphatic carbocycles. The molecule has 39 heavy (non-hydrogen) atoms. The van der Waals surface area contributed by atoms with Gasteiger partial charge in [0.15, 0.2) is 0 Å². The van der Waals surface area contributed by atoms with Gasteiger partial charge in [0.05, 0.1) is 12.8 Å². The molecule has 1 aliphatic rings. The standard InChI is InChI=1S/C28H26FN7O3/c1-38-22-10-8-20(9-11-22)32-27(37)35-14-2-3-21(17-35)31-26-30-13-12-23(33-26)25-24(18-4-6-19(29)7-5-18)34-28-36(25)15-16-39-28/h4-13,15-16,21H,2-3,14,17H2,1H3,(H,32,37)(H,30,31,33). The van der Waals surface area contributed by atoms with Crippen molar-refractivity contribution in [3.05, 3.63) is 79.1 Å². The number of fused-ring (bicyclic) bond motifs is 1. The van der Waals surface area contributed by atoms with Gasteiger partial charge in [0, 0.05) is 42.8 Å². The number of amides is 2. The Hall–Kier alpha value is -4.93. The fraction of sp³-hybridized carbons (Fsp3) is 0.214. The van der Waals surface area contributed by atoms with Crippen LogP contribution in [0, 0.1) is 5.82 Å². The number of oxazole rings is 1. The largest absolute Gasteiger partial charge is 0.497 e. The van der Waals surface area contributed by atoms with Gasteiger partial charge in [-0.2, -0.15) is 4.98 Å². The second-order valence-corrected chi connectivity index (χ2v) is 9.23. The van der Waals surface area contributed by atoms with E-state index in [2.05, 4.69) is 20.6 Å². The van der Waals surface area contributed by atoms with Gasteiger partial charge in [-0.1, -0.05) is 0 Å². The Morgan fingerprint density at radius 3 is 2.72 bits per heavy atom. The van der Waals surface area contributed by atoms with Gasteiger partial charge >= 0.3 is 11.9 Å². The number of benzene rings is 2. The summed E-state index contributed by atoms with van der Waals surface area (Å²) in [6.45, 7) is 1.17. The Bertz CT molecular complexity index is 1600. The van der Waals surface area contributed by atoms with Crippen LogP contribution in [-0.4, -0.2) is 56.5 Å². The molecule has 4 heterocycles. The summed E-state index contributed by atoms with van der Waals surface area (Å²) < 4.78 is 26.0. The van der Waals surface area contributed by atoms with E-state index < -0.39 is 0 Å². The van der Waals surface area contributed by atoms with Crippen LogP contribution in [0.5, 0.6) is 5.75 Å². The molecule has 2 aromatic carbocycles. The minimum Gasteiger partial charge on any atom is -0.497 e. The molecule has 0 saturated carbocycles. The fourth-order valence-corrected chi connectivity index (χ4v) is 4.74. The number of nitrogens with one attached hydrogen (secondary N) is 2. The number of likely N-dealkylation sites (tertiary alicyclic amines) is 1. The lowest BCUT2D eigenvalue weighted by Gasteiger charge is -2.33. The summed E-state index contributed by atoms with van der Waals surface area (Å²) in [5, 5.41) is 6.34. The van der Waals surface area contributed by atoms with Gasteiger partial charge in [-0.15, -0.1) is 0 Å². The van der Waals surface area contributed by atoms with E-state index in [0.29, 0.717) is 47.7 Å². The maximum Gasteiger partial charge on any atom is 0.321 e. The molecule has 1 fully saturated rings. The summed E-state index contributed by atoms with van der Waals surface area (Å²) in [6, 6.07) is 15.0. The van der Waals surface area contributed by atoms with Crippen molar-refractivity contribution in [1.82, 2.24) is 24.3 Å². The van der Waals surface area contributed by atoms with Crippen molar-refractivity contribution in [3.63, 3.8) is 0 Å². The molecule has 6 rings (SSSR count). The second kappa shape index (κ2) is 10.4. The molecular formula is C28H26FN7O3. The summed E-state index contributed by atoms with van der Waals surface area (Å²) >= 11 is 0. The molecule has 10 nitrogen and oxygen atoms in total. The summed E-state index contributed by atoms with van der Waals surface area (Å²) in [5.41, 5.74) is 3.41. The Morgan fingerprint density at radius 1 is 1.10 bits per heavy atom. The van der Waals surface area contributed by atoms with Crippen LogP contribution in [0.25, 0.3) is 28.5 Å². The number of carbonyl (C=O) groups excluding carboxylic acids is 1. The topological polar surface area (TPSA) is 110 Å². The van der Waals surface area contributed by atoms with E-state index in [9.17, 15) is 9.18 Å². The van der Waals surface area contributed by atoms with E-state index in [0.717, 1.165) is 24.2 Å². The van der Waals surface area contributed by atoms with Crippen molar-refractivity contribution in [2.45, 2.75) is 18.9 Å². The van der Waals surface area contributed by atoms with Crippen LogP contribution in [-0.2, 0) is 0 Å². The summed E-state index contributed by atoms with van der Waals surface area (Å²) in [7, 11) is 1.60. The quantitative estimate of drug-likeness (QED) is 0.308. The van der Waals surface area contributed by atoms with Crippen LogP contribution in [0.15, 0.2) is 77.7 Å². The number of hydrogen-bond donors (Lipinski definition) is 2. The molecule has 1 unspecified atom stereocenters. The van der Waals surface area contributed by atoms with Crippen molar-refractivity contribution in [2.75, 3.05) is 30.8 Å². The molecule has 0 bridgehead atoms. The number of piperidine rings is 1. The number of carbonyl (C=O) groups is 1. The van der Waals surface area contributed by atoms with Crippen molar-refractivity contribution in [2.24, 2.45) is 0 Å². The molecule has 198 valence electrons. The van der Waals surface area contributed by atoms with Gasteiger partial charge in [0.1, 0.15) is 29.2 Å². The van der Waals surface area contributed by atoms with E-state index >= 15 is 0 Å². The van der Waals surface area contributed by atoms with Gasteiger partial charge in [-0.25, -0.2) is 19.2 Å². The molecule has 1 aliphatic heterocycles. The average Bonchev–Trinajstić information content (AvgIpc) is 3.56. The SMILES string of the molecule is COc1ccc(NC(=O)N2CCCC(Nc3nccc(-c4c(-c5ccc(F)cc5)nc5occn45)n3)C2)cc1. The Morgan fingerprint density at radius 2 is 1.92 bits per heavy atom. The van der Waals surface area contributed by atoms with Gasteiger partial charge in [-0.3, -0.25) is 4.40 Å². The molecule has 0 spiro atoms. The third-order valence-corrected chi connectivity index (χ3v) is 6.66. The smallest absolute Gasteiger partial charge is 0.321 e. The lowest BCUT2D eigenvalue weighted by atomic mass is 10.1. The highest BCUT2D eigenvalue weighted by atomic mass is 19.1. The van der Waals surface area contributed by atoms with Gasteiger partial charge < -0.3 is 24.7 Å². The van der Waals surface area contributed by atoms with E-state index in [1.54, 1.807) is 65.4 Å². The zero-order chi connectivity index (χ0) is 26.8. The molecule has 2 amide bonds. The minimum atomic E-state index is -0.323. The highest BCUT2D eigenvalue weighted by molar-refractivity contribution is 5.89. The first kappa shape index (κ1) is 24.4. The zero-order valence-corrected chi connectivity index (χ0v) is 21.2. The first-order valence-electron chi connectivity index (χ1n) is 12.6. The fourth-order valence-electron chi connectivity index (χ4n) is 4.74. The average molecular weight is 528 g/mol. The Balaban J connectivity index is 1.20. The van der Waals surface area contributed by atoms with Crippen LogP contribution >= 0.6 is 0 Å². The third kappa shape index (κ3) is 5.11. The van der Waals surface area contributed by atoms with Crippen LogP contribution in [0.3, 0.4) is 0 Å². The van der Waals surface area contributed by atoms with Crippen LogP contribution in [0.1, 0.15) is 12.8 Å². The van der Waals surface area contributed by atoms with Crippen LogP contribution in [0.4, 0.5) is 20.8 Å². The second-order valence-electron chi connectivity index (χ2n) is 9.23. The molecular weight excluding hydrogens is 501 g/mol. The minimum absolute atomic E-state index is 0.0217. The first-order chi connectivity index (χ1) is 19.1. The zero-order valence-electron chi connectivity index (χ0n) is 21.2. The number of rotatable bonds is 6. The maximum atomic E-state index is 13.6. The summed E-state index contributed by atoms with van der Waals surface area (Å²) in [4.78, 5) is 28.5. The molecule has 1 saturated heterocycles. The number of aromatic nitrogens is 4. The number of urea groups is 1. The molecule has 5 aromatic rings. The molecule has 3 aromatic heterocycles. The number of halogens is 1. The predicted octanol–water partition coefficient (Wildman–Crippen LogP) is 5.31. The normalized spacial score (nSPS) is 15.3. The summed E-state index contributed by atoms with van der Waals surface area (Å²) in [5.74, 6) is 1.25. The highest BCUT2D eigenvalue weighted by Crippen LogP contribution is 2.32. The van der Waals surface area contributed by atoms with Crippen LogP contribution < -0.4 is 15.4 Å². The number of methoxy groups -OCH3 is 1. The molecule has 11 heteroatoms. The Kier molecular flexibility index (Phi) is 6.54. The van der Waals surface area contributed by atoms with Gasteiger partial charge in [0.2, 0.25) is 5.95 Å². The van der Waals surface area contributed by atoms with Gasteiger partial charge in [0.25, 0.3) is 0 Å². The van der Waals surface area contributed by atoms with E-state index in [1.165, 1.54) is 12.1 Å². The Labute approximate surface area is 223 Å². The van der Waals surface area contributed by atoms with Gasteiger partial charge in [-0.05, 0) is 67.4 Å². The monoisotopic (exact) mass is 527 g/mol. The number of nitrogens with zero attached hydrogens (tertiary/aromatic N) is 5. The maximum absolute atomic E-state index is 13.6. The lowest BCUT2D eigenvalue weighted by molar-refractivity contribution is 0.196. The van der Waals surface area contributed by atoms with E-state index in [1.807, 2.05) is 12.1 Å². The predicted molar refractivity (Wildman–Crippen MR) is 144 cm³/mol.